The van der Waals surface area contributed by atoms with Crippen molar-refractivity contribution in [3.05, 3.63) is 66.0 Å². The first-order chi connectivity index (χ1) is 30.7. The summed E-state index contributed by atoms with van der Waals surface area (Å²) in [5, 5.41) is 5.78. The number of likely N-dealkylation sites (tertiary alicyclic amines) is 1. The van der Waals surface area contributed by atoms with Crippen LogP contribution in [0.1, 0.15) is 78.6 Å². The highest BCUT2D eigenvalue weighted by molar-refractivity contribution is 5.94. The second-order valence-corrected chi connectivity index (χ2v) is 17.1. The van der Waals surface area contributed by atoms with Gasteiger partial charge in [-0.2, -0.15) is 0 Å². The van der Waals surface area contributed by atoms with E-state index in [4.69, 9.17) is 24.9 Å². The number of imidazole rings is 1. The van der Waals surface area contributed by atoms with Gasteiger partial charge < -0.3 is 49.9 Å². The van der Waals surface area contributed by atoms with Gasteiger partial charge >= 0.3 is 12.2 Å². The third-order valence-corrected chi connectivity index (χ3v) is 12.1. The quantitative estimate of drug-likeness (QED) is 0.0902. The van der Waals surface area contributed by atoms with Gasteiger partial charge in [0.1, 0.15) is 24.2 Å². The predicted molar refractivity (Wildman–Crippen MR) is 244 cm³/mol. The topological polar surface area (TPSA) is 198 Å². The molecule has 0 spiro atoms. The summed E-state index contributed by atoms with van der Waals surface area (Å²) in [5.41, 5.74) is 11.5. The third kappa shape index (κ3) is 10.3. The van der Waals surface area contributed by atoms with Gasteiger partial charge in [-0.3, -0.25) is 14.6 Å². The zero-order valence-corrected chi connectivity index (χ0v) is 38.1. The largest absolute Gasteiger partial charge is 0.491 e. The van der Waals surface area contributed by atoms with E-state index in [0.29, 0.717) is 83.4 Å². The van der Waals surface area contributed by atoms with E-state index in [9.17, 15) is 19.2 Å². The molecule has 0 aliphatic carbocycles. The van der Waals surface area contributed by atoms with Gasteiger partial charge in [-0.05, 0) is 68.7 Å². The number of benzene rings is 2. The Kier molecular flexibility index (Phi) is 15.4. The Bertz CT molecular complexity index is 2400. The van der Waals surface area contributed by atoms with Crippen LogP contribution in [0.25, 0.3) is 39.1 Å². The number of halogens is 1. The molecule has 2 aliphatic heterocycles. The van der Waals surface area contributed by atoms with Crippen molar-refractivity contribution in [2.75, 3.05) is 40.5 Å². The van der Waals surface area contributed by atoms with Crippen LogP contribution in [0.4, 0.5) is 14.0 Å². The van der Waals surface area contributed by atoms with E-state index in [1.165, 1.54) is 14.2 Å². The minimum absolute atomic E-state index is 0.00404. The molecule has 1 unspecified atom stereocenters. The van der Waals surface area contributed by atoms with E-state index in [1.54, 1.807) is 29.4 Å². The van der Waals surface area contributed by atoms with Gasteiger partial charge in [0.05, 0.1) is 74.3 Å². The maximum Gasteiger partial charge on any atom is 0.407 e. The van der Waals surface area contributed by atoms with E-state index in [2.05, 4.69) is 20.6 Å². The number of H-pyrrole nitrogens is 1. The van der Waals surface area contributed by atoms with Crippen LogP contribution in [0.3, 0.4) is 0 Å². The van der Waals surface area contributed by atoms with Crippen molar-refractivity contribution in [1.82, 2.24) is 35.0 Å². The fraction of sp³-hybridized carbons (Fsp3) is 0.489. The number of nitrogens with one attached hydrogen (secondary N) is 3. The number of carbonyl (C=O) groups is 4. The molecule has 5 N–H and O–H groups in total. The van der Waals surface area contributed by atoms with Crippen LogP contribution in [0.15, 0.2) is 53.8 Å². The van der Waals surface area contributed by atoms with Crippen LogP contribution in [0, 0.1) is 23.6 Å². The first kappa shape index (κ1) is 47.1. The number of hydrogen-bond donors (Lipinski definition) is 4. The molecule has 0 radical (unpaired) electrons. The van der Waals surface area contributed by atoms with Crippen molar-refractivity contribution in [2.45, 2.75) is 92.4 Å². The molecule has 344 valence electrons. The summed E-state index contributed by atoms with van der Waals surface area (Å²) in [5.74, 6) is -0.207. The lowest BCUT2D eigenvalue weighted by Crippen LogP contribution is -2.52. The molecule has 2 aliphatic rings. The van der Waals surface area contributed by atoms with E-state index in [-0.39, 0.29) is 48.6 Å². The number of ether oxygens (including phenoxy) is 3. The van der Waals surface area contributed by atoms with Gasteiger partial charge in [-0.15, -0.1) is 0 Å². The zero-order valence-electron chi connectivity index (χ0n) is 38.1. The summed E-state index contributed by atoms with van der Waals surface area (Å²) >= 11 is 0. The van der Waals surface area contributed by atoms with E-state index in [0.717, 1.165) is 30.5 Å². The van der Waals surface area contributed by atoms with Crippen LogP contribution in [0.2, 0.25) is 0 Å². The molecule has 0 saturated carbocycles. The number of nitrogens with two attached hydrogens (primary N) is 1. The molecule has 2 aromatic heterocycles. The van der Waals surface area contributed by atoms with E-state index in [1.807, 2.05) is 75.3 Å². The lowest BCUT2D eigenvalue weighted by atomic mass is 9.90. The highest BCUT2D eigenvalue weighted by atomic mass is 19.1. The molecule has 4 heterocycles. The summed E-state index contributed by atoms with van der Waals surface area (Å²) in [6.07, 6.45) is 5.32. The number of hydrogen-bond acceptors (Lipinski definition) is 10. The Morgan fingerprint density at radius 1 is 1.06 bits per heavy atom. The average molecular weight is 884 g/mol. The zero-order chi connectivity index (χ0) is 46.2. The first-order valence-electron chi connectivity index (χ1n) is 22.1. The fourth-order valence-corrected chi connectivity index (χ4v) is 8.49. The molecular weight excluding hydrogens is 822 g/mol. The molecule has 64 heavy (non-hydrogen) atoms. The van der Waals surface area contributed by atoms with Crippen molar-refractivity contribution in [2.24, 2.45) is 28.5 Å². The predicted octanol–water partition coefficient (Wildman–Crippen LogP) is 7.08. The molecule has 4 aromatic rings. The smallest absolute Gasteiger partial charge is 0.407 e. The monoisotopic (exact) mass is 883 g/mol. The Morgan fingerprint density at radius 2 is 1.83 bits per heavy atom. The van der Waals surface area contributed by atoms with Gasteiger partial charge in [-0.25, -0.2) is 19.0 Å². The van der Waals surface area contributed by atoms with Crippen LogP contribution in [-0.2, 0) is 32.2 Å². The number of methoxy groups -OCH3 is 2. The minimum atomic E-state index is -0.768. The van der Waals surface area contributed by atoms with E-state index < -0.39 is 24.1 Å². The first-order valence-corrected chi connectivity index (χ1v) is 22.1. The molecule has 1 saturated heterocycles. The Balaban J connectivity index is 1.21. The highest BCUT2D eigenvalue weighted by Gasteiger charge is 2.35. The Labute approximate surface area is 373 Å². The summed E-state index contributed by atoms with van der Waals surface area (Å²) in [6, 6.07) is 10.1. The number of carbonyl (C=O) groups excluding carboxylic acids is 4. The van der Waals surface area contributed by atoms with Crippen LogP contribution in [0.5, 0.6) is 5.75 Å². The van der Waals surface area contributed by atoms with Crippen molar-refractivity contribution in [3.8, 4) is 28.3 Å². The van der Waals surface area contributed by atoms with Crippen LogP contribution in [-0.4, -0.2) is 107 Å². The van der Waals surface area contributed by atoms with Crippen molar-refractivity contribution in [3.63, 3.8) is 0 Å². The second kappa shape index (κ2) is 20.9. The Hall–Kier alpha value is -6.39. The number of amides is 4. The molecule has 16 nitrogen and oxygen atoms in total. The standard InChI is InChI=1S/C47H62FN9O7/c1-9-17-55(45(59)42(28(4)5)54-47(61)63-8)26-40-51-25-36(53-40)31-14-16-38-33(21-31)41(48)43-32-15-13-30(22-39(32)64-20-19-56(38)43)35(49)24-50-29(6)37-12-10-11-18-57(37)44(58)34(27(2)3)23-52-46(60)62-7/h13-16,21-22,24-25,27-28,34,37,42H,9-12,17-20,23,26,49H2,1-8H3,(H,51,53)(H,52,60)(H,54,61)/b35-24-,50-29?/t34-,37?,42-/m0/s1. The molecule has 17 heteroatoms. The summed E-state index contributed by atoms with van der Waals surface area (Å²) in [4.78, 5) is 67.4. The lowest BCUT2D eigenvalue weighted by molar-refractivity contribution is -0.139. The number of nitrogens with zero attached hydrogens (tertiary/aromatic N) is 5. The second-order valence-electron chi connectivity index (χ2n) is 17.1. The average Bonchev–Trinajstić information content (AvgIpc) is 3.81. The fourth-order valence-electron chi connectivity index (χ4n) is 8.49. The van der Waals surface area contributed by atoms with Crippen molar-refractivity contribution in [1.29, 1.82) is 0 Å². The number of alkyl carbamates (subject to hydrolysis) is 2. The number of aliphatic imine (C=N–C) groups is 1. The Morgan fingerprint density at radius 3 is 2.53 bits per heavy atom. The SMILES string of the molecule is CCCN(Cc1ncc(-c2ccc3c(c2)c(F)c2n3CCOc3cc(/C(N)=C/N=C(C)C4CCCCN4C(=O)[C@@H](CNC(=O)OC)C(C)C)ccc3-2)[nH]1)C(=O)[C@@H](NC(=O)OC)C(C)C. The third-order valence-electron chi connectivity index (χ3n) is 12.1. The van der Waals surface area contributed by atoms with E-state index >= 15 is 4.39 Å². The molecular formula is C47H62FN9O7. The van der Waals surface area contributed by atoms with Gasteiger partial charge in [0.25, 0.3) is 0 Å². The lowest BCUT2D eigenvalue weighted by Gasteiger charge is -2.38. The number of piperidine rings is 1. The number of aromatic amines is 1. The summed E-state index contributed by atoms with van der Waals surface area (Å²) in [7, 11) is 2.56. The van der Waals surface area contributed by atoms with Gasteiger partial charge in [0, 0.05) is 47.4 Å². The maximum absolute atomic E-state index is 16.7. The van der Waals surface area contributed by atoms with Crippen molar-refractivity contribution < 1.29 is 37.8 Å². The maximum atomic E-state index is 16.7. The normalized spacial score (nSPS) is 16.4. The number of rotatable bonds is 15. The number of aromatic nitrogens is 3. The van der Waals surface area contributed by atoms with Crippen molar-refractivity contribution >= 4 is 46.3 Å². The molecule has 6 rings (SSSR count). The van der Waals surface area contributed by atoms with Crippen LogP contribution >= 0.6 is 0 Å². The minimum Gasteiger partial charge on any atom is -0.491 e. The summed E-state index contributed by atoms with van der Waals surface area (Å²) < 4.78 is 34.3. The van der Waals surface area contributed by atoms with Crippen LogP contribution < -0.4 is 21.1 Å². The van der Waals surface area contributed by atoms with Gasteiger partial charge in [0.2, 0.25) is 11.8 Å². The molecule has 0 bridgehead atoms. The molecule has 3 atom stereocenters. The molecule has 1 fully saturated rings. The highest BCUT2D eigenvalue weighted by Crippen LogP contribution is 2.41. The molecule has 4 amide bonds. The molecule has 2 aromatic carbocycles. The van der Waals surface area contributed by atoms with Gasteiger partial charge in [-0.1, -0.05) is 46.8 Å². The van der Waals surface area contributed by atoms with Gasteiger partial charge in [0.15, 0.2) is 5.82 Å². The summed E-state index contributed by atoms with van der Waals surface area (Å²) in [6.45, 7) is 13.7. The number of fused-ring (bicyclic) bond motifs is 5.